The van der Waals surface area contributed by atoms with Gasteiger partial charge in [0.25, 0.3) is 0 Å². The van der Waals surface area contributed by atoms with Crippen LogP contribution in [0.15, 0.2) is 23.0 Å². The average molecular weight is 278 g/mol. The fourth-order valence-corrected chi connectivity index (χ4v) is 2.72. The van der Waals surface area contributed by atoms with Gasteiger partial charge in [-0.2, -0.15) is 0 Å². The van der Waals surface area contributed by atoms with Gasteiger partial charge in [-0.15, -0.1) is 0 Å². The molecule has 1 aliphatic rings. The number of nitrogens with zero attached hydrogens (tertiary/aromatic N) is 1. The molecule has 1 N–H and O–H groups in total. The number of fused-ring (bicyclic) bond motifs is 1. The Morgan fingerprint density at radius 3 is 2.68 bits per heavy atom. The lowest BCUT2D eigenvalue weighted by Crippen LogP contribution is -2.18. The van der Waals surface area contributed by atoms with Crippen LogP contribution in [0.5, 0.6) is 0 Å². The van der Waals surface area contributed by atoms with Gasteiger partial charge in [0.15, 0.2) is 5.43 Å². The summed E-state index contributed by atoms with van der Waals surface area (Å²) in [7, 11) is 0. The first kappa shape index (κ1) is 12.2. The minimum Gasteiger partial charge on any atom is -0.477 e. The molecule has 0 saturated heterocycles. The molecule has 5 heteroatoms. The largest absolute Gasteiger partial charge is 0.477 e. The third kappa shape index (κ3) is 1.83. The summed E-state index contributed by atoms with van der Waals surface area (Å²) in [6.07, 6.45) is 1.87. The minimum absolute atomic E-state index is 0.0466. The summed E-state index contributed by atoms with van der Waals surface area (Å²) in [4.78, 5) is 23.5. The normalized spacial score (nSPS) is 14.8. The zero-order valence-corrected chi connectivity index (χ0v) is 11.1. The Hall–Kier alpha value is -1.81. The van der Waals surface area contributed by atoms with E-state index in [2.05, 4.69) is 0 Å². The highest BCUT2D eigenvalue weighted by Crippen LogP contribution is 2.39. The molecule has 0 aliphatic heterocycles. The van der Waals surface area contributed by atoms with Gasteiger partial charge < -0.3 is 9.67 Å². The number of halogens is 1. The molecule has 98 valence electrons. The second kappa shape index (κ2) is 4.10. The summed E-state index contributed by atoms with van der Waals surface area (Å²) in [5, 5.41) is 10.1. The Balaban J connectivity index is 2.55. The third-order valence-corrected chi connectivity index (χ3v) is 3.79. The zero-order valence-electron chi connectivity index (χ0n) is 10.3. The minimum atomic E-state index is -1.08. The molecule has 1 aromatic heterocycles. The van der Waals surface area contributed by atoms with E-state index in [4.69, 9.17) is 11.6 Å². The van der Waals surface area contributed by atoms with Gasteiger partial charge in [0.2, 0.25) is 0 Å². The second-order valence-electron chi connectivity index (χ2n) is 4.89. The van der Waals surface area contributed by atoms with E-state index in [1.165, 1.54) is 6.07 Å². The molecular weight excluding hydrogens is 266 g/mol. The predicted octanol–water partition coefficient (Wildman–Crippen LogP) is 3.00. The molecule has 1 saturated carbocycles. The van der Waals surface area contributed by atoms with E-state index in [1.807, 2.05) is 13.0 Å². The summed E-state index contributed by atoms with van der Waals surface area (Å²) >= 11 is 6.10. The number of hydrogen-bond acceptors (Lipinski definition) is 2. The Bertz CT molecular complexity index is 759. The molecule has 0 amide bonds. The molecule has 2 aromatic rings. The number of aromatic nitrogens is 1. The van der Waals surface area contributed by atoms with E-state index in [-0.39, 0.29) is 17.2 Å². The van der Waals surface area contributed by atoms with Crippen molar-refractivity contribution in [3.63, 3.8) is 0 Å². The van der Waals surface area contributed by atoms with Crippen molar-refractivity contribution in [1.82, 2.24) is 4.57 Å². The molecule has 1 aliphatic carbocycles. The van der Waals surface area contributed by atoms with Crippen LogP contribution in [-0.4, -0.2) is 15.6 Å². The molecule has 3 rings (SSSR count). The van der Waals surface area contributed by atoms with Crippen LogP contribution in [0.4, 0.5) is 0 Å². The quantitative estimate of drug-likeness (QED) is 0.918. The van der Waals surface area contributed by atoms with Crippen molar-refractivity contribution in [2.24, 2.45) is 0 Å². The monoisotopic (exact) mass is 277 g/mol. The molecule has 0 atom stereocenters. The van der Waals surface area contributed by atoms with E-state index in [1.54, 1.807) is 10.6 Å². The number of benzene rings is 1. The number of aromatic carboxylic acids is 1. The molecule has 19 heavy (non-hydrogen) atoms. The first-order valence-corrected chi connectivity index (χ1v) is 6.46. The number of hydrogen-bond donors (Lipinski definition) is 1. The van der Waals surface area contributed by atoms with Gasteiger partial charge in [0.05, 0.1) is 15.9 Å². The first-order chi connectivity index (χ1) is 9.00. The highest BCUT2D eigenvalue weighted by Gasteiger charge is 2.30. The van der Waals surface area contributed by atoms with Crippen molar-refractivity contribution in [1.29, 1.82) is 0 Å². The van der Waals surface area contributed by atoms with Crippen LogP contribution in [-0.2, 0) is 0 Å². The zero-order chi connectivity index (χ0) is 13.7. The lowest BCUT2D eigenvalue weighted by atomic mass is 10.1. The Kier molecular flexibility index (Phi) is 2.64. The van der Waals surface area contributed by atoms with Crippen LogP contribution in [0.1, 0.15) is 34.9 Å². The topological polar surface area (TPSA) is 59.3 Å². The van der Waals surface area contributed by atoms with Crippen LogP contribution in [0.3, 0.4) is 0 Å². The summed E-state index contributed by atoms with van der Waals surface area (Å²) < 4.78 is 1.75. The van der Waals surface area contributed by atoms with E-state index < -0.39 is 5.97 Å². The molecule has 1 fully saturated rings. The third-order valence-electron chi connectivity index (χ3n) is 3.47. The van der Waals surface area contributed by atoms with Crippen molar-refractivity contribution >= 4 is 28.5 Å². The Labute approximate surface area is 114 Å². The fraction of sp³-hybridized carbons (Fsp3) is 0.286. The Morgan fingerprint density at radius 2 is 2.11 bits per heavy atom. The number of pyridine rings is 1. The predicted molar refractivity (Wildman–Crippen MR) is 73.2 cm³/mol. The highest BCUT2D eigenvalue weighted by molar-refractivity contribution is 6.35. The van der Waals surface area contributed by atoms with Crippen LogP contribution in [0.2, 0.25) is 5.02 Å². The van der Waals surface area contributed by atoms with Crippen molar-refractivity contribution < 1.29 is 9.90 Å². The maximum atomic E-state index is 12.1. The molecule has 0 bridgehead atoms. The molecule has 0 spiro atoms. The van der Waals surface area contributed by atoms with Crippen LogP contribution >= 0.6 is 11.6 Å². The molecule has 1 heterocycles. The maximum absolute atomic E-state index is 12.1. The van der Waals surface area contributed by atoms with Crippen molar-refractivity contribution in [3.05, 3.63) is 44.7 Å². The van der Waals surface area contributed by atoms with Gasteiger partial charge in [-0.1, -0.05) is 17.7 Å². The van der Waals surface area contributed by atoms with E-state index in [9.17, 15) is 14.7 Å². The summed E-state index contributed by atoms with van der Waals surface area (Å²) in [5.41, 5.74) is 1.23. The van der Waals surface area contributed by atoms with Gasteiger partial charge in [-0.05, 0) is 31.4 Å². The lowest BCUT2D eigenvalue weighted by Gasteiger charge is -2.16. The number of carboxylic acid groups (broad SMARTS) is 1. The first-order valence-electron chi connectivity index (χ1n) is 6.08. The van der Waals surface area contributed by atoms with Crippen LogP contribution < -0.4 is 5.43 Å². The molecular formula is C14H12ClNO3. The van der Waals surface area contributed by atoms with Crippen molar-refractivity contribution in [2.75, 3.05) is 0 Å². The summed E-state index contributed by atoms with van der Waals surface area (Å²) in [5.74, 6) is -1.08. The lowest BCUT2D eigenvalue weighted by molar-refractivity contribution is 0.0684. The van der Waals surface area contributed by atoms with Crippen molar-refractivity contribution in [2.45, 2.75) is 25.8 Å². The van der Waals surface area contributed by atoms with Crippen LogP contribution in [0, 0.1) is 6.92 Å². The molecule has 0 radical (unpaired) electrons. The number of carboxylic acids is 1. The van der Waals surface area contributed by atoms with Crippen LogP contribution in [0.25, 0.3) is 10.9 Å². The molecule has 1 aromatic carbocycles. The van der Waals surface area contributed by atoms with E-state index in [0.29, 0.717) is 15.9 Å². The van der Waals surface area contributed by atoms with Gasteiger partial charge in [-0.25, -0.2) is 4.79 Å². The van der Waals surface area contributed by atoms with E-state index in [0.717, 1.165) is 18.4 Å². The molecule has 0 unspecified atom stereocenters. The van der Waals surface area contributed by atoms with E-state index >= 15 is 0 Å². The summed E-state index contributed by atoms with van der Waals surface area (Å²) in [6.45, 7) is 1.86. The van der Waals surface area contributed by atoms with Crippen molar-refractivity contribution in [3.8, 4) is 0 Å². The Morgan fingerprint density at radius 1 is 1.42 bits per heavy atom. The molecule has 4 nitrogen and oxygen atoms in total. The number of carbonyl (C=O) groups is 1. The number of rotatable bonds is 2. The SMILES string of the molecule is Cc1ccc(Cl)c2c(=O)cc(C(=O)O)n(C3CC3)c12. The van der Waals surface area contributed by atoms with Gasteiger partial charge >= 0.3 is 5.97 Å². The van der Waals surface area contributed by atoms with Gasteiger partial charge in [0, 0.05) is 12.1 Å². The van der Waals surface area contributed by atoms with Gasteiger partial charge in [0.1, 0.15) is 5.69 Å². The highest BCUT2D eigenvalue weighted by atomic mass is 35.5. The standard InChI is InChI=1S/C14H12ClNO3/c1-7-2-5-9(15)12-11(17)6-10(14(18)19)16(13(7)12)8-3-4-8/h2,5-6,8H,3-4H2,1H3,(H,18,19). The maximum Gasteiger partial charge on any atom is 0.352 e. The number of aryl methyl sites for hydroxylation is 1. The fourth-order valence-electron chi connectivity index (χ4n) is 2.48. The smallest absolute Gasteiger partial charge is 0.352 e. The summed E-state index contributed by atoms with van der Waals surface area (Å²) in [6, 6.07) is 4.83. The average Bonchev–Trinajstić information content (AvgIpc) is 3.17. The second-order valence-corrected chi connectivity index (χ2v) is 5.30. The van der Waals surface area contributed by atoms with Gasteiger partial charge in [-0.3, -0.25) is 4.79 Å².